The predicted molar refractivity (Wildman–Crippen MR) is 57.0 cm³/mol. The Morgan fingerprint density at radius 1 is 1.75 bits per heavy atom. The van der Waals surface area contributed by atoms with Crippen LogP contribution in [0.25, 0.3) is 0 Å². The molecule has 0 aliphatic rings. The lowest BCUT2D eigenvalue weighted by Crippen LogP contribution is -2.06. The van der Waals surface area contributed by atoms with Crippen molar-refractivity contribution < 1.29 is 19.5 Å². The van der Waals surface area contributed by atoms with Gasteiger partial charge in [-0.1, -0.05) is 5.16 Å². The highest BCUT2D eigenvalue weighted by molar-refractivity contribution is 7.13. The van der Waals surface area contributed by atoms with Crippen molar-refractivity contribution in [1.82, 2.24) is 4.98 Å². The largest absolute Gasteiger partial charge is 0.475 e. The fraction of sp³-hybridized carbons (Fsp3) is 0. The van der Waals surface area contributed by atoms with Crippen LogP contribution in [-0.2, 0) is 14.4 Å². The van der Waals surface area contributed by atoms with Crippen molar-refractivity contribution in [3.8, 4) is 0 Å². The Hall–Kier alpha value is -2.22. The van der Waals surface area contributed by atoms with Gasteiger partial charge in [0, 0.05) is 5.38 Å². The second-order valence-corrected chi connectivity index (χ2v) is 3.37. The van der Waals surface area contributed by atoms with E-state index >= 15 is 0 Å². The second kappa shape index (κ2) is 5.03. The van der Waals surface area contributed by atoms with Crippen LogP contribution >= 0.6 is 11.3 Å². The van der Waals surface area contributed by atoms with Crippen LogP contribution in [0, 0.1) is 0 Å². The van der Waals surface area contributed by atoms with Gasteiger partial charge in [0.05, 0.1) is 0 Å². The molecule has 0 radical (unpaired) electrons. The number of nitrogen functional groups attached to an aromatic ring is 1. The van der Waals surface area contributed by atoms with Crippen LogP contribution in [0.5, 0.6) is 0 Å². The molecule has 0 saturated heterocycles. The molecule has 0 bridgehead atoms. The number of carbonyl (C=O) groups is 2. The highest BCUT2D eigenvalue weighted by atomic mass is 32.1. The molecular weight excluding hydrogens is 234 g/mol. The summed E-state index contributed by atoms with van der Waals surface area (Å²) in [6.07, 6.45) is 0.379. The average Bonchev–Trinajstić information content (AvgIpc) is 2.65. The summed E-state index contributed by atoms with van der Waals surface area (Å²) in [5.41, 5.74) is 5.42. The summed E-state index contributed by atoms with van der Waals surface area (Å²) < 4.78 is 0. The normalized spacial score (nSPS) is 10.9. The van der Waals surface area contributed by atoms with E-state index in [-0.39, 0.29) is 16.5 Å². The number of hydrogen-bond acceptors (Lipinski definition) is 7. The monoisotopic (exact) mass is 241 g/mol. The molecule has 1 heterocycles. The number of rotatable bonds is 5. The maximum atomic E-state index is 10.6. The summed E-state index contributed by atoms with van der Waals surface area (Å²) >= 11 is 1.12. The maximum absolute atomic E-state index is 10.6. The molecule has 3 N–H and O–H groups in total. The van der Waals surface area contributed by atoms with Crippen molar-refractivity contribution in [3.05, 3.63) is 23.4 Å². The molecule has 7 nitrogen and oxygen atoms in total. The summed E-state index contributed by atoms with van der Waals surface area (Å²) in [5, 5.41) is 13.5. The molecule has 8 heteroatoms. The van der Waals surface area contributed by atoms with Gasteiger partial charge in [0.15, 0.2) is 17.1 Å². The summed E-state index contributed by atoms with van der Waals surface area (Å²) in [6.45, 7) is 3.07. The van der Waals surface area contributed by atoms with Crippen LogP contribution in [0.2, 0.25) is 0 Å². The van der Waals surface area contributed by atoms with Crippen molar-refractivity contribution in [1.29, 1.82) is 0 Å². The fourth-order valence-electron chi connectivity index (χ4n) is 0.677. The maximum Gasteiger partial charge on any atom is 0.374 e. The van der Waals surface area contributed by atoms with Crippen LogP contribution in [0.1, 0.15) is 5.69 Å². The smallest absolute Gasteiger partial charge is 0.374 e. The minimum Gasteiger partial charge on any atom is -0.475 e. The molecular formula is C8H7N3O4S. The van der Waals surface area contributed by atoms with Crippen molar-refractivity contribution in [3.63, 3.8) is 0 Å². The molecule has 1 rings (SSSR count). The Balaban J connectivity index is 2.83. The third-order valence-electron chi connectivity index (χ3n) is 1.39. The molecule has 0 aliphatic heterocycles. The Labute approximate surface area is 93.8 Å². The number of thiazole rings is 1. The first-order valence-electron chi connectivity index (χ1n) is 3.88. The van der Waals surface area contributed by atoms with Crippen LogP contribution in [0.4, 0.5) is 5.13 Å². The number of carbonyl (C=O) groups excluding carboxylic acids is 1. The zero-order chi connectivity index (χ0) is 12.1. The van der Waals surface area contributed by atoms with Crippen LogP contribution in [0.15, 0.2) is 22.9 Å². The summed E-state index contributed by atoms with van der Waals surface area (Å²) in [5.74, 6) is -1.96. The van der Waals surface area contributed by atoms with E-state index in [4.69, 9.17) is 10.8 Å². The van der Waals surface area contributed by atoms with E-state index in [0.29, 0.717) is 6.29 Å². The first-order valence-corrected chi connectivity index (χ1v) is 4.76. The van der Waals surface area contributed by atoms with Gasteiger partial charge in [-0.2, -0.15) is 0 Å². The van der Waals surface area contributed by atoms with Crippen molar-refractivity contribution in [2.75, 3.05) is 5.73 Å². The molecule has 0 atom stereocenters. The summed E-state index contributed by atoms with van der Waals surface area (Å²) in [4.78, 5) is 29.1. The SMILES string of the molecule is C=C(O/N=C(/C=O)c1csc(N)n1)C(=O)O. The van der Waals surface area contributed by atoms with Crippen LogP contribution in [-0.4, -0.2) is 28.1 Å². The number of carboxylic acids is 1. The Morgan fingerprint density at radius 2 is 2.44 bits per heavy atom. The average molecular weight is 241 g/mol. The Morgan fingerprint density at radius 3 is 2.88 bits per heavy atom. The lowest BCUT2D eigenvalue weighted by atomic mass is 10.3. The highest BCUT2D eigenvalue weighted by Crippen LogP contribution is 2.11. The number of hydrogen-bond donors (Lipinski definition) is 2. The van der Waals surface area contributed by atoms with E-state index < -0.39 is 11.7 Å². The molecule has 0 saturated carbocycles. The number of aromatic nitrogens is 1. The van der Waals surface area contributed by atoms with E-state index in [1.54, 1.807) is 0 Å². The van der Waals surface area contributed by atoms with E-state index in [9.17, 15) is 9.59 Å². The molecule has 84 valence electrons. The second-order valence-electron chi connectivity index (χ2n) is 2.48. The van der Waals surface area contributed by atoms with Crippen LogP contribution < -0.4 is 5.73 Å². The van der Waals surface area contributed by atoms with Gasteiger partial charge in [-0.05, 0) is 6.58 Å². The van der Waals surface area contributed by atoms with Gasteiger partial charge in [-0.25, -0.2) is 9.78 Å². The predicted octanol–water partition coefficient (Wildman–Crippen LogP) is 0.243. The Bertz CT molecular complexity index is 466. The third kappa shape index (κ3) is 2.89. The highest BCUT2D eigenvalue weighted by Gasteiger charge is 2.10. The van der Waals surface area contributed by atoms with Gasteiger partial charge >= 0.3 is 5.97 Å². The van der Waals surface area contributed by atoms with Gasteiger partial charge in [-0.3, -0.25) is 4.79 Å². The molecule has 0 aliphatic carbocycles. The quantitative estimate of drug-likeness (QED) is 0.251. The molecule has 0 spiro atoms. The lowest BCUT2D eigenvalue weighted by Gasteiger charge is -1.97. The molecule has 16 heavy (non-hydrogen) atoms. The molecule has 0 fully saturated rings. The van der Waals surface area contributed by atoms with E-state index in [0.717, 1.165) is 11.3 Å². The molecule has 0 aromatic carbocycles. The lowest BCUT2D eigenvalue weighted by molar-refractivity contribution is -0.136. The third-order valence-corrected chi connectivity index (χ3v) is 2.06. The van der Waals surface area contributed by atoms with E-state index in [1.165, 1.54) is 5.38 Å². The van der Waals surface area contributed by atoms with Gasteiger partial charge in [0.25, 0.3) is 0 Å². The topological polar surface area (TPSA) is 115 Å². The Kier molecular flexibility index (Phi) is 3.72. The number of carboxylic acid groups (broad SMARTS) is 1. The first-order chi connectivity index (χ1) is 7.54. The number of aldehydes is 1. The number of nitrogens with two attached hydrogens (primary N) is 1. The van der Waals surface area contributed by atoms with Gasteiger partial charge in [-0.15, -0.1) is 11.3 Å². The first kappa shape index (κ1) is 11.9. The van der Waals surface area contributed by atoms with Gasteiger partial charge in [0.2, 0.25) is 5.76 Å². The van der Waals surface area contributed by atoms with Gasteiger partial charge < -0.3 is 15.7 Å². The summed E-state index contributed by atoms with van der Waals surface area (Å²) in [7, 11) is 0. The number of oxime groups is 1. The number of nitrogens with zero attached hydrogens (tertiary/aromatic N) is 2. The van der Waals surface area contributed by atoms with E-state index in [1.807, 2.05) is 0 Å². The fourth-order valence-corrected chi connectivity index (χ4v) is 1.23. The van der Waals surface area contributed by atoms with Crippen LogP contribution in [0.3, 0.4) is 0 Å². The number of aliphatic carboxylic acids is 1. The number of anilines is 1. The molecule has 0 unspecified atom stereocenters. The molecule has 0 amide bonds. The van der Waals surface area contributed by atoms with Crippen molar-refractivity contribution >= 4 is 34.4 Å². The van der Waals surface area contributed by atoms with Crippen molar-refractivity contribution in [2.45, 2.75) is 0 Å². The molecule has 1 aromatic heterocycles. The van der Waals surface area contributed by atoms with Gasteiger partial charge in [0.1, 0.15) is 5.69 Å². The van der Waals surface area contributed by atoms with Crippen molar-refractivity contribution in [2.24, 2.45) is 5.16 Å². The molecule has 1 aromatic rings. The zero-order valence-electron chi connectivity index (χ0n) is 7.91. The zero-order valence-corrected chi connectivity index (χ0v) is 8.73. The minimum absolute atomic E-state index is 0.157. The van der Waals surface area contributed by atoms with E-state index in [2.05, 4.69) is 21.6 Å². The summed E-state index contributed by atoms with van der Waals surface area (Å²) in [6, 6.07) is 0. The minimum atomic E-state index is -1.37. The standard InChI is InChI=1S/C8H7N3O4S/c1-4(7(13)14)15-11-5(2-12)6-3-16-8(9)10-6/h2-3H,1H2,(H2,9,10)(H,13,14)/b11-5-.